The van der Waals surface area contributed by atoms with Crippen LogP contribution in [0.25, 0.3) is 0 Å². The van der Waals surface area contributed by atoms with Crippen LogP contribution < -0.4 is 0 Å². The fourth-order valence-corrected chi connectivity index (χ4v) is 19.5. The van der Waals surface area contributed by atoms with Crippen molar-refractivity contribution in [1.82, 2.24) is 0 Å². The molecular weight excluding hydrogens is 535 g/mol. The first-order chi connectivity index (χ1) is 20.0. The molecule has 230 valence electrons. The Morgan fingerprint density at radius 3 is 1.61 bits per heavy atom. The summed E-state index contributed by atoms with van der Waals surface area (Å²) in [5, 5.41) is 0. The van der Waals surface area contributed by atoms with E-state index in [-0.39, 0.29) is 17.8 Å². The number of hydrogen-bond donors (Lipinski definition) is 0. The van der Waals surface area contributed by atoms with Crippen LogP contribution >= 0.6 is 7.26 Å². The van der Waals surface area contributed by atoms with Gasteiger partial charge in [0.2, 0.25) is 0 Å². The van der Waals surface area contributed by atoms with Crippen LogP contribution in [0.1, 0.15) is 135 Å². The van der Waals surface area contributed by atoms with Gasteiger partial charge in [0.25, 0.3) is 14.3 Å². The minimum Gasteiger partial charge on any atom is -0.519 e. The summed E-state index contributed by atoms with van der Waals surface area (Å²) in [5.41, 5.74) is 3.94. The predicted octanol–water partition coefficient (Wildman–Crippen LogP) is 11.5. The third-order valence-corrected chi connectivity index (χ3v) is 23.0. The highest BCUT2D eigenvalue weighted by Crippen LogP contribution is 2.78. The first-order valence-corrected chi connectivity index (χ1v) is 22.5. The molecule has 41 heavy (non-hydrogen) atoms. The largest absolute Gasteiger partial charge is 0.519 e. The van der Waals surface area contributed by atoms with E-state index < -0.39 is 15.6 Å². The lowest BCUT2D eigenvalue weighted by molar-refractivity contribution is -0.139. The molecule has 0 bridgehead atoms. The molecule has 2 unspecified atom stereocenters. The van der Waals surface area contributed by atoms with Crippen molar-refractivity contribution in [3.63, 3.8) is 0 Å². The standard InChI is InChI=1S/C37H62O2PSi/c1-5-21-35(31-22-13-9-14-23-31)36(37(38)39-41(6-2,7-3)8-4)30-40(32-24-15-10-16-25-32,33-26-17-11-18-27-33)34-28-19-12-20-29-34/h5,9,13-14,21-23,32-36H,6-8,10-12,15-20,24-30H2,1-4H3/q+1/b21-5+. The highest BCUT2D eigenvalue weighted by atomic mass is 31.2. The Morgan fingerprint density at radius 1 is 0.780 bits per heavy atom. The van der Waals surface area contributed by atoms with Crippen molar-refractivity contribution >= 4 is 21.5 Å². The van der Waals surface area contributed by atoms with Crippen molar-refractivity contribution in [2.75, 3.05) is 6.16 Å². The molecule has 3 saturated carbocycles. The van der Waals surface area contributed by atoms with E-state index in [9.17, 15) is 4.79 Å². The van der Waals surface area contributed by atoms with Gasteiger partial charge >= 0.3 is 0 Å². The summed E-state index contributed by atoms with van der Waals surface area (Å²) in [6.45, 7) is 8.95. The second kappa shape index (κ2) is 16.2. The average molecular weight is 598 g/mol. The lowest BCUT2D eigenvalue weighted by Gasteiger charge is -2.50. The SMILES string of the molecule is C/C=C/C(c1ccccc1)C(C[P+](C1CCCCC1)(C1CCCCC1)C1CCCCC1)C(=O)O[Si](CC)(CC)CC. The Kier molecular flexibility index (Phi) is 13.1. The molecule has 0 saturated heterocycles. The van der Waals surface area contributed by atoms with Crippen LogP contribution in [0.5, 0.6) is 0 Å². The fraction of sp³-hybridized carbons (Fsp3) is 0.757. The fourth-order valence-electron chi connectivity index (χ4n) is 9.32. The van der Waals surface area contributed by atoms with E-state index in [1.807, 2.05) is 0 Å². The Morgan fingerprint density at radius 2 is 1.22 bits per heavy atom. The van der Waals surface area contributed by atoms with E-state index in [2.05, 4.69) is 70.2 Å². The van der Waals surface area contributed by atoms with E-state index in [0.29, 0.717) is 0 Å². The van der Waals surface area contributed by atoms with Crippen LogP contribution in [-0.4, -0.2) is 37.4 Å². The van der Waals surface area contributed by atoms with Gasteiger partial charge in [0.15, 0.2) is 0 Å². The van der Waals surface area contributed by atoms with E-state index in [4.69, 9.17) is 4.43 Å². The Hall–Kier alpha value is -0.923. The van der Waals surface area contributed by atoms with Crippen LogP contribution in [0.2, 0.25) is 18.1 Å². The van der Waals surface area contributed by atoms with Gasteiger partial charge in [-0.05, 0) is 108 Å². The smallest absolute Gasteiger partial charge is 0.300 e. The number of carbonyl (C=O) groups excluding carboxylic acids is 1. The van der Waals surface area contributed by atoms with Gasteiger partial charge in [-0.3, -0.25) is 4.79 Å². The van der Waals surface area contributed by atoms with Crippen molar-refractivity contribution in [2.24, 2.45) is 5.92 Å². The Bertz CT molecular complexity index is 870. The molecule has 1 aromatic rings. The molecule has 4 rings (SSSR count). The summed E-state index contributed by atoms with van der Waals surface area (Å²) in [7, 11) is -3.51. The minimum absolute atomic E-state index is 0.0516. The van der Waals surface area contributed by atoms with Crippen LogP contribution in [-0.2, 0) is 9.22 Å². The Labute approximate surface area is 255 Å². The number of benzene rings is 1. The lowest BCUT2D eigenvalue weighted by atomic mass is 9.86. The maximum absolute atomic E-state index is 14.8. The molecule has 0 amide bonds. The van der Waals surface area contributed by atoms with Crippen LogP contribution in [0.15, 0.2) is 42.5 Å². The molecule has 2 atom stereocenters. The molecule has 3 aliphatic carbocycles. The number of allylic oxidation sites excluding steroid dienone is 2. The molecule has 0 radical (unpaired) electrons. The van der Waals surface area contributed by atoms with Crippen molar-refractivity contribution < 1.29 is 9.22 Å². The monoisotopic (exact) mass is 597 g/mol. The highest BCUT2D eigenvalue weighted by molar-refractivity contribution is 7.78. The van der Waals surface area contributed by atoms with E-state index in [1.165, 1.54) is 102 Å². The summed E-state index contributed by atoms with van der Waals surface area (Å²) in [6, 6.07) is 14.1. The van der Waals surface area contributed by atoms with E-state index >= 15 is 0 Å². The topological polar surface area (TPSA) is 26.3 Å². The van der Waals surface area contributed by atoms with E-state index in [0.717, 1.165) is 41.3 Å². The van der Waals surface area contributed by atoms with E-state index in [1.54, 1.807) is 0 Å². The first-order valence-electron chi connectivity index (χ1n) is 17.8. The van der Waals surface area contributed by atoms with Crippen LogP contribution in [0, 0.1) is 5.92 Å². The molecule has 4 heteroatoms. The number of hydrogen-bond acceptors (Lipinski definition) is 2. The zero-order chi connectivity index (χ0) is 29.1. The minimum atomic E-state index is -2.07. The molecule has 0 spiro atoms. The molecule has 3 aliphatic rings. The van der Waals surface area contributed by atoms with Crippen LogP contribution in [0.4, 0.5) is 0 Å². The summed E-state index contributed by atoms with van der Waals surface area (Å²) in [6.07, 6.45) is 27.0. The molecule has 0 N–H and O–H groups in total. The molecule has 0 aromatic heterocycles. The second-order valence-corrected chi connectivity index (χ2v) is 23.0. The van der Waals surface area contributed by atoms with Crippen molar-refractivity contribution in [2.45, 2.75) is 165 Å². The molecule has 2 nitrogen and oxygen atoms in total. The maximum atomic E-state index is 14.8. The average Bonchev–Trinajstić information content (AvgIpc) is 3.05. The molecule has 0 aliphatic heterocycles. The summed E-state index contributed by atoms with van der Waals surface area (Å²) >= 11 is 0. The predicted molar refractivity (Wildman–Crippen MR) is 183 cm³/mol. The molecule has 3 fully saturated rings. The van der Waals surface area contributed by atoms with Gasteiger partial charge in [-0.1, -0.05) is 82.5 Å². The van der Waals surface area contributed by atoms with Crippen molar-refractivity contribution in [1.29, 1.82) is 0 Å². The zero-order valence-corrected chi connectivity index (χ0v) is 29.0. The van der Waals surface area contributed by atoms with Crippen molar-refractivity contribution in [3.8, 4) is 0 Å². The van der Waals surface area contributed by atoms with Crippen molar-refractivity contribution in [3.05, 3.63) is 48.0 Å². The summed E-state index contributed by atoms with van der Waals surface area (Å²) in [5.74, 6) is 0.228. The number of carbonyl (C=O) groups is 1. The van der Waals surface area contributed by atoms with Gasteiger partial charge in [-0.2, -0.15) is 0 Å². The third-order valence-electron chi connectivity index (χ3n) is 11.8. The lowest BCUT2D eigenvalue weighted by Crippen LogP contribution is -2.45. The van der Waals surface area contributed by atoms with Gasteiger partial charge in [-0.15, -0.1) is 0 Å². The quantitative estimate of drug-likeness (QED) is 0.128. The summed E-state index contributed by atoms with van der Waals surface area (Å²) < 4.78 is 6.89. The zero-order valence-electron chi connectivity index (χ0n) is 27.1. The maximum Gasteiger partial charge on any atom is 0.300 e. The van der Waals surface area contributed by atoms with Gasteiger partial charge in [0.05, 0.1) is 29.1 Å². The highest BCUT2D eigenvalue weighted by Gasteiger charge is 2.59. The molecular formula is C37H62O2PSi+. The van der Waals surface area contributed by atoms with Gasteiger partial charge < -0.3 is 4.43 Å². The first kappa shape index (κ1) is 33.0. The summed E-state index contributed by atoms with van der Waals surface area (Å²) in [4.78, 5) is 14.8. The van der Waals surface area contributed by atoms with Gasteiger partial charge in [0, 0.05) is 13.2 Å². The second-order valence-electron chi connectivity index (χ2n) is 13.8. The Balaban J connectivity index is 1.85. The number of rotatable bonds is 13. The third kappa shape index (κ3) is 7.78. The van der Waals surface area contributed by atoms with Gasteiger partial charge in [-0.25, -0.2) is 0 Å². The molecule has 0 heterocycles. The van der Waals surface area contributed by atoms with Crippen LogP contribution in [0.3, 0.4) is 0 Å². The molecule has 1 aromatic carbocycles. The normalized spacial score (nSPS) is 22.0. The van der Waals surface area contributed by atoms with Gasteiger partial charge in [0.1, 0.15) is 0 Å².